The number of allylic oxidation sites excluding steroid dienone is 2. The minimum Gasteiger partial charge on any atom is -0.353 e. The fraction of sp³-hybridized carbons (Fsp3) is 0.372. The summed E-state index contributed by atoms with van der Waals surface area (Å²) in [5, 5.41) is 9.38. The van der Waals surface area contributed by atoms with Crippen molar-refractivity contribution in [1.29, 1.82) is 0 Å². The number of carbonyl (C=O) groups is 2. The van der Waals surface area contributed by atoms with E-state index in [-0.39, 0.29) is 36.0 Å². The van der Waals surface area contributed by atoms with Crippen LogP contribution < -0.4 is 10.6 Å². The molecule has 274 valence electrons. The molecule has 4 aliphatic rings. The second-order valence-electron chi connectivity index (χ2n) is 15.8. The molecule has 3 unspecified atom stereocenters. The molecule has 3 N–H and O–H groups in total. The lowest BCUT2D eigenvalue weighted by atomic mass is 9.83. The highest BCUT2D eigenvalue weighted by atomic mass is 35.5. The summed E-state index contributed by atoms with van der Waals surface area (Å²) in [6.07, 6.45) is 9.87. The Morgan fingerprint density at radius 2 is 1.62 bits per heavy atom. The summed E-state index contributed by atoms with van der Waals surface area (Å²) in [5.41, 5.74) is 9.79. The largest absolute Gasteiger partial charge is 0.353 e. The summed E-state index contributed by atoms with van der Waals surface area (Å²) < 4.78 is 0. The van der Waals surface area contributed by atoms with E-state index in [1.165, 1.54) is 0 Å². The van der Waals surface area contributed by atoms with Crippen LogP contribution >= 0.6 is 34.8 Å². The number of nitrogens with one attached hydrogen (secondary N) is 3. The van der Waals surface area contributed by atoms with E-state index < -0.39 is 5.41 Å². The molecule has 1 aliphatic carbocycles. The van der Waals surface area contributed by atoms with Crippen LogP contribution in [-0.4, -0.2) is 57.8 Å². The van der Waals surface area contributed by atoms with E-state index in [0.717, 1.165) is 96.0 Å². The van der Waals surface area contributed by atoms with Gasteiger partial charge >= 0.3 is 0 Å². The van der Waals surface area contributed by atoms with Gasteiger partial charge in [0, 0.05) is 79.9 Å². The maximum absolute atomic E-state index is 14.8. The molecule has 0 spiro atoms. The SMILES string of the molecule is CC(C)(C)C(=O)NC1CCN(C2CCCCC2NC(=O)c2[nH]c3cc(Cl)cc4c3c2C2=C(c3ccccc3)C=C=CN2C4c2ccc(Cl)cc2Cl)CC1. The van der Waals surface area contributed by atoms with Gasteiger partial charge in [-0.05, 0) is 72.7 Å². The highest BCUT2D eigenvalue weighted by molar-refractivity contribution is 6.35. The smallest absolute Gasteiger partial charge is 0.268 e. The quantitative estimate of drug-likeness (QED) is 0.171. The monoisotopic (exact) mass is 767 g/mol. The number of aromatic amines is 1. The van der Waals surface area contributed by atoms with Crippen molar-refractivity contribution >= 4 is 68.8 Å². The van der Waals surface area contributed by atoms with Gasteiger partial charge in [0.2, 0.25) is 5.91 Å². The van der Waals surface area contributed by atoms with E-state index in [9.17, 15) is 9.59 Å². The number of carbonyl (C=O) groups excluding carboxylic acids is 2. The Balaban J connectivity index is 1.18. The second-order valence-corrected chi connectivity index (χ2v) is 17.1. The molecule has 3 aromatic carbocycles. The Bertz CT molecular complexity index is 2190. The number of H-pyrrole nitrogens is 1. The second kappa shape index (κ2) is 14.4. The van der Waals surface area contributed by atoms with Crippen molar-refractivity contribution in [2.45, 2.75) is 83.5 Å². The molecule has 4 aromatic rings. The van der Waals surface area contributed by atoms with Crippen LogP contribution in [0.5, 0.6) is 0 Å². The molecule has 1 aromatic heterocycles. The van der Waals surface area contributed by atoms with E-state index in [1.807, 2.05) is 75.5 Å². The van der Waals surface area contributed by atoms with Gasteiger partial charge in [0.15, 0.2) is 0 Å². The number of fused-ring (bicyclic) bond motifs is 2. The zero-order valence-electron chi connectivity index (χ0n) is 30.2. The number of benzene rings is 3. The van der Waals surface area contributed by atoms with Crippen molar-refractivity contribution in [3.63, 3.8) is 0 Å². The molecule has 10 heteroatoms. The average Bonchev–Trinajstić information content (AvgIpc) is 3.52. The Hall–Kier alpha value is -3.97. The van der Waals surface area contributed by atoms with Crippen LogP contribution in [0.2, 0.25) is 15.1 Å². The Morgan fingerprint density at radius 3 is 2.36 bits per heavy atom. The van der Waals surface area contributed by atoms with Gasteiger partial charge in [0.1, 0.15) is 5.69 Å². The molecule has 3 atom stereocenters. The molecular weight excluding hydrogens is 725 g/mol. The topological polar surface area (TPSA) is 80.5 Å². The van der Waals surface area contributed by atoms with E-state index >= 15 is 0 Å². The molecule has 7 nitrogen and oxygen atoms in total. The third-order valence-electron chi connectivity index (χ3n) is 11.3. The summed E-state index contributed by atoms with van der Waals surface area (Å²) in [4.78, 5) is 35.7. The van der Waals surface area contributed by atoms with Crippen molar-refractivity contribution in [2.75, 3.05) is 13.1 Å². The molecule has 1 saturated carbocycles. The summed E-state index contributed by atoms with van der Waals surface area (Å²) in [6.45, 7) is 7.64. The minimum absolute atomic E-state index is 0.00678. The van der Waals surface area contributed by atoms with Gasteiger partial charge in [-0.3, -0.25) is 14.5 Å². The van der Waals surface area contributed by atoms with E-state index in [4.69, 9.17) is 34.8 Å². The lowest BCUT2D eigenvalue weighted by Crippen LogP contribution is -2.57. The van der Waals surface area contributed by atoms with E-state index in [1.54, 1.807) is 6.07 Å². The Labute approximate surface area is 326 Å². The first-order chi connectivity index (χ1) is 25.5. The van der Waals surface area contributed by atoms with Gasteiger partial charge in [-0.15, -0.1) is 5.73 Å². The summed E-state index contributed by atoms with van der Waals surface area (Å²) in [6, 6.07) is 19.7. The first-order valence-corrected chi connectivity index (χ1v) is 19.8. The van der Waals surface area contributed by atoms with E-state index in [2.05, 4.69) is 43.3 Å². The molecule has 53 heavy (non-hydrogen) atoms. The Morgan fingerprint density at radius 1 is 0.868 bits per heavy atom. The van der Waals surface area contributed by atoms with Crippen LogP contribution in [-0.2, 0) is 4.79 Å². The third-order valence-corrected chi connectivity index (χ3v) is 12.1. The van der Waals surface area contributed by atoms with Gasteiger partial charge in [0.05, 0.1) is 11.7 Å². The molecule has 0 bridgehead atoms. The fourth-order valence-electron chi connectivity index (χ4n) is 8.65. The van der Waals surface area contributed by atoms with Crippen molar-refractivity contribution in [1.82, 2.24) is 25.4 Å². The number of aromatic nitrogens is 1. The predicted octanol–water partition coefficient (Wildman–Crippen LogP) is 9.75. The zero-order chi connectivity index (χ0) is 37.0. The highest BCUT2D eigenvalue weighted by Gasteiger charge is 2.41. The van der Waals surface area contributed by atoms with Crippen molar-refractivity contribution in [3.8, 4) is 0 Å². The number of halogens is 3. The first kappa shape index (κ1) is 36.0. The summed E-state index contributed by atoms with van der Waals surface area (Å²) >= 11 is 20.2. The first-order valence-electron chi connectivity index (χ1n) is 18.6. The predicted molar refractivity (Wildman–Crippen MR) is 215 cm³/mol. The van der Waals surface area contributed by atoms with Crippen LogP contribution in [0.15, 0.2) is 78.7 Å². The lowest BCUT2D eigenvalue weighted by molar-refractivity contribution is -0.129. The molecular formula is C43H44Cl3N5O2. The van der Waals surface area contributed by atoms with Crippen molar-refractivity contribution in [3.05, 3.63) is 122 Å². The fourth-order valence-corrected chi connectivity index (χ4v) is 9.39. The molecule has 2 fully saturated rings. The van der Waals surface area contributed by atoms with Crippen LogP contribution in [0.3, 0.4) is 0 Å². The highest BCUT2D eigenvalue weighted by Crippen LogP contribution is 2.52. The van der Waals surface area contributed by atoms with Crippen LogP contribution in [0.1, 0.15) is 98.1 Å². The number of likely N-dealkylation sites (tertiary alicyclic amines) is 1. The number of hydrogen-bond donors (Lipinski definition) is 3. The number of rotatable bonds is 6. The minimum atomic E-state index is -0.410. The lowest BCUT2D eigenvalue weighted by Gasteiger charge is -2.44. The number of piperidine rings is 1. The maximum Gasteiger partial charge on any atom is 0.268 e. The van der Waals surface area contributed by atoms with Crippen molar-refractivity contribution in [2.24, 2.45) is 5.41 Å². The molecule has 3 aliphatic heterocycles. The van der Waals surface area contributed by atoms with Crippen LogP contribution in [0, 0.1) is 5.41 Å². The summed E-state index contributed by atoms with van der Waals surface area (Å²) in [7, 11) is 0. The zero-order valence-corrected chi connectivity index (χ0v) is 32.5. The summed E-state index contributed by atoms with van der Waals surface area (Å²) in [5.74, 6) is -0.0370. The van der Waals surface area contributed by atoms with Gasteiger partial charge in [-0.2, -0.15) is 0 Å². The van der Waals surface area contributed by atoms with Crippen LogP contribution in [0.4, 0.5) is 0 Å². The molecule has 4 heterocycles. The molecule has 8 rings (SSSR count). The van der Waals surface area contributed by atoms with E-state index in [0.29, 0.717) is 20.8 Å². The normalized spacial score (nSPS) is 21.9. The maximum atomic E-state index is 14.8. The van der Waals surface area contributed by atoms with Gasteiger partial charge < -0.3 is 20.5 Å². The average molecular weight is 769 g/mol. The van der Waals surface area contributed by atoms with Crippen LogP contribution in [0.25, 0.3) is 22.2 Å². The molecule has 2 amide bonds. The third kappa shape index (κ3) is 6.83. The van der Waals surface area contributed by atoms with Gasteiger partial charge in [-0.1, -0.05) is 105 Å². The van der Waals surface area contributed by atoms with Crippen molar-refractivity contribution < 1.29 is 9.59 Å². The standard InChI is InChI=1S/C43H44Cl3N5O2/c1-43(2,3)42(53)47-28-17-20-50(21-18-28)35-14-8-7-13-33(35)49-41(52)38-37-36-31(22-27(45)24-34(36)48-38)39(30-16-15-26(44)23-32(30)46)51-19-9-12-29(40(37)51)25-10-5-4-6-11-25/h4-6,10-12,15-16,19,22-24,28,33,35,39,48H,7-8,13-14,17-18,20-21H2,1-3H3,(H,47,53)(H,49,52). The van der Waals surface area contributed by atoms with Gasteiger partial charge in [0.25, 0.3) is 5.91 Å². The molecule has 0 radical (unpaired) electrons. The number of hydrogen-bond acceptors (Lipinski definition) is 4. The number of nitrogens with zero attached hydrogens (tertiary/aromatic N) is 2. The number of amides is 2. The molecule has 1 saturated heterocycles. The van der Waals surface area contributed by atoms with Gasteiger partial charge in [-0.25, -0.2) is 0 Å². The Kier molecular flexibility index (Phi) is 9.76.